The first kappa shape index (κ1) is 17.2. The molecule has 0 fully saturated rings. The number of carbonyl (C=O) groups is 2. The Kier molecular flexibility index (Phi) is 4.99. The Morgan fingerprint density at radius 2 is 1.38 bits per heavy atom. The number of hydrogen-bond acceptors (Lipinski definition) is 3. The number of benzene rings is 3. The molecule has 130 valence electrons. The van der Waals surface area contributed by atoms with Crippen molar-refractivity contribution in [3.8, 4) is 11.1 Å². The van der Waals surface area contributed by atoms with E-state index >= 15 is 0 Å². The highest BCUT2D eigenvalue weighted by molar-refractivity contribution is 6.17. The maximum absolute atomic E-state index is 12.6. The molecule has 0 aliphatic rings. The Labute approximate surface area is 152 Å². The molecule has 3 aromatic carbocycles. The van der Waals surface area contributed by atoms with Gasteiger partial charge in [0.15, 0.2) is 0 Å². The Morgan fingerprint density at radius 1 is 0.808 bits per heavy atom. The van der Waals surface area contributed by atoms with Gasteiger partial charge in [0.2, 0.25) is 5.91 Å². The van der Waals surface area contributed by atoms with Crippen LogP contribution in [0.15, 0.2) is 78.9 Å². The summed E-state index contributed by atoms with van der Waals surface area (Å²) in [4.78, 5) is 25.6. The van der Waals surface area contributed by atoms with Crippen LogP contribution < -0.4 is 16.0 Å². The molecule has 3 N–H and O–H groups in total. The van der Waals surface area contributed by atoms with E-state index in [1.54, 1.807) is 24.3 Å². The van der Waals surface area contributed by atoms with Gasteiger partial charge in [0.25, 0.3) is 0 Å². The summed E-state index contributed by atoms with van der Waals surface area (Å²) in [6.45, 7) is 1.34. The van der Waals surface area contributed by atoms with E-state index in [1.807, 2.05) is 54.6 Å². The molecular weight excluding hydrogens is 326 g/mol. The minimum absolute atomic E-state index is 0.381. The molecular formula is C21H19N3O2. The molecule has 0 atom stereocenters. The van der Waals surface area contributed by atoms with Crippen LogP contribution >= 0.6 is 0 Å². The second kappa shape index (κ2) is 7.53. The molecule has 5 nitrogen and oxygen atoms in total. The summed E-state index contributed by atoms with van der Waals surface area (Å²) < 4.78 is 0. The topological polar surface area (TPSA) is 75.4 Å². The number of rotatable bonds is 3. The molecule has 0 aromatic heterocycles. The third kappa shape index (κ3) is 3.89. The van der Waals surface area contributed by atoms with E-state index in [0.717, 1.165) is 16.0 Å². The Balaban J connectivity index is 1.77. The number of nitrogens with one attached hydrogen (secondary N) is 1. The highest BCUT2D eigenvalue weighted by Crippen LogP contribution is 2.22. The van der Waals surface area contributed by atoms with Crippen LogP contribution in [0.3, 0.4) is 0 Å². The maximum Gasteiger partial charge on any atom is 0.333 e. The maximum atomic E-state index is 12.6. The van der Waals surface area contributed by atoms with Crippen molar-refractivity contribution < 1.29 is 9.59 Å². The molecule has 3 aromatic rings. The summed E-state index contributed by atoms with van der Waals surface area (Å²) >= 11 is 0. The smallest absolute Gasteiger partial charge is 0.333 e. The molecule has 0 unspecified atom stereocenters. The Morgan fingerprint density at radius 3 is 1.96 bits per heavy atom. The zero-order chi connectivity index (χ0) is 18.5. The van der Waals surface area contributed by atoms with E-state index in [9.17, 15) is 9.59 Å². The highest BCUT2D eigenvalue weighted by atomic mass is 16.2. The van der Waals surface area contributed by atoms with Crippen molar-refractivity contribution in [2.75, 3.05) is 16.0 Å². The van der Waals surface area contributed by atoms with Gasteiger partial charge in [-0.3, -0.25) is 4.79 Å². The van der Waals surface area contributed by atoms with Crippen LogP contribution in [0.4, 0.5) is 21.9 Å². The Hall–Kier alpha value is -3.60. The van der Waals surface area contributed by atoms with Crippen LogP contribution in [0, 0.1) is 0 Å². The van der Waals surface area contributed by atoms with E-state index < -0.39 is 6.03 Å². The van der Waals surface area contributed by atoms with Gasteiger partial charge >= 0.3 is 6.03 Å². The van der Waals surface area contributed by atoms with Gasteiger partial charge in [0, 0.05) is 18.3 Å². The monoisotopic (exact) mass is 345 g/mol. The van der Waals surface area contributed by atoms with Crippen molar-refractivity contribution in [1.82, 2.24) is 0 Å². The molecule has 0 saturated heterocycles. The number of amides is 3. The van der Waals surface area contributed by atoms with Gasteiger partial charge in [-0.05, 0) is 47.5 Å². The lowest BCUT2D eigenvalue weighted by molar-refractivity contribution is -0.115. The number of hydrogen-bond donors (Lipinski definition) is 2. The standard InChI is InChI=1S/C21H19N3O2/c1-15(25)24(20-13-9-18(22)10-14-20)21(26)23-19-11-7-17(8-12-19)16-5-3-2-4-6-16/h2-14H,22H2,1H3,(H,23,26). The van der Waals surface area contributed by atoms with Crippen molar-refractivity contribution in [3.05, 3.63) is 78.9 Å². The third-order valence-electron chi connectivity index (χ3n) is 3.91. The van der Waals surface area contributed by atoms with Crippen molar-refractivity contribution in [2.24, 2.45) is 0 Å². The van der Waals surface area contributed by atoms with Gasteiger partial charge in [0.05, 0.1) is 5.69 Å². The second-order valence-electron chi connectivity index (χ2n) is 5.82. The molecule has 0 saturated carbocycles. The van der Waals surface area contributed by atoms with Crippen LogP contribution in [0.1, 0.15) is 6.92 Å². The molecule has 0 aliphatic heterocycles. The number of nitrogen functional groups attached to an aromatic ring is 1. The molecule has 3 amide bonds. The molecule has 26 heavy (non-hydrogen) atoms. The van der Waals surface area contributed by atoms with E-state index in [4.69, 9.17) is 5.73 Å². The fourth-order valence-corrected chi connectivity index (χ4v) is 2.62. The average molecular weight is 345 g/mol. The largest absolute Gasteiger partial charge is 0.399 e. The first-order chi connectivity index (χ1) is 12.5. The number of urea groups is 1. The fraction of sp³-hybridized carbons (Fsp3) is 0.0476. The lowest BCUT2D eigenvalue weighted by atomic mass is 10.1. The van der Waals surface area contributed by atoms with Gasteiger partial charge in [-0.15, -0.1) is 0 Å². The molecule has 0 aliphatic carbocycles. The summed E-state index contributed by atoms with van der Waals surface area (Å²) in [5, 5.41) is 2.75. The predicted octanol–water partition coefficient (Wildman–Crippen LogP) is 4.52. The molecule has 5 heteroatoms. The van der Waals surface area contributed by atoms with E-state index in [1.165, 1.54) is 6.92 Å². The SMILES string of the molecule is CC(=O)N(C(=O)Nc1ccc(-c2ccccc2)cc1)c1ccc(N)cc1. The minimum atomic E-state index is -0.519. The second-order valence-corrected chi connectivity index (χ2v) is 5.82. The lowest BCUT2D eigenvalue weighted by Gasteiger charge is -2.20. The van der Waals surface area contributed by atoms with Crippen molar-refractivity contribution in [1.29, 1.82) is 0 Å². The van der Waals surface area contributed by atoms with E-state index in [2.05, 4.69) is 5.32 Å². The number of carbonyl (C=O) groups excluding carboxylic acids is 2. The quantitative estimate of drug-likeness (QED) is 0.685. The number of imide groups is 1. The van der Waals surface area contributed by atoms with Gasteiger partial charge in [-0.25, -0.2) is 9.69 Å². The normalized spacial score (nSPS) is 10.2. The van der Waals surface area contributed by atoms with Crippen LogP contribution in [-0.4, -0.2) is 11.9 Å². The predicted molar refractivity (Wildman–Crippen MR) is 105 cm³/mol. The van der Waals surface area contributed by atoms with Crippen LogP contribution in [0.2, 0.25) is 0 Å². The van der Waals surface area contributed by atoms with E-state index in [0.29, 0.717) is 17.1 Å². The van der Waals surface area contributed by atoms with Gasteiger partial charge in [-0.1, -0.05) is 42.5 Å². The third-order valence-corrected chi connectivity index (χ3v) is 3.91. The molecule has 3 rings (SSSR count). The van der Waals surface area contributed by atoms with Gasteiger partial charge < -0.3 is 11.1 Å². The molecule has 0 radical (unpaired) electrons. The summed E-state index contributed by atoms with van der Waals surface area (Å²) in [7, 11) is 0. The van der Waals surface area contributed by atoms with E-state index in [-0.39, 0.29) is 5.91 Å². The molecule has 0 heterocycles. The van der Waals surface area contributed by atoms with Crippen molar-refractivity contribution >= 4 is 29.0 Å². The Bertz CT molecular complexity index is 904. The first-order valence-corrected chi connectivity index (χ1v) is 8.17. The average Bonchev–Trinajstić information content (AvgIpc) is 2.64. The number of anilines is 3. The number of nitrogens with zero attached hydrogens (tertiary/aromatic N) is 1. The van der Waals surface area contributed by atoms with Gasteiger partial charge in [-0.2, -0.15) is 0 Å². The highest BCUT2D eigenvalue weighted by Gasteiger charge is 2.20. The molecule has 0 bridgehead atoms. The van der Waals surface area contributed by atoms with Crippen LogP contribution in [-0.2, 0) is 4.79 Å². The first-order valence-electron chi connectivity index (χ1n) is 8.17. The fourth-order valence-electron chi connectivity index (χ4n) is 2.62. The van der Waals surface area contributed by atoms with Crippen molar-refractivity contribution in [3.63, 3.8) is 0 Å². The minimum Gasteiger partial charge on any atom is -0.399 e. The number of nitrogens with two attached hydrogens (primary N) is 1. The molecule has 0 spiro atoms. The summed E-state index contributed by atoms with van der Waals surface area (Å²) in [6, 6.07) is 23.5. The zero-order valence-electron chi connectivity index (χ0n) is 14.3. The summed E-state index contributed by atoms with van der Waals surface area (Å²) in [5.74, 6) is -0.381. The summed E-state index contributed by atoms with van der Waals surface area (Å²) in [6.07, 6.45) is 0. The lowest BCUT2D eigenvalue weighted by Crippen LogP contribution is -2.38. The summed E-state index contributed by atoms with van der Waals surface area (Å²) in [5.41, 5.74) is 9.44. The van der Waals surface area contributed by atoms with Crippen molar-refractivity contribution in [2.45, 2.75) is 6.92 Å². The van der Waals surface area contributed by atoms with Crippen LogP contribution in [0.25, 0.3) is 11.1 Å². The van der Waals surface area contributed by atoms with Crippen LogP contribution in [0.5, 0.6) is 0 Å². The van der Waals surface area contributed by atoms with Gasteiger partial charge in [0.1, 0.15) is 0 Å². The zero-order valence-corrected chi connectivity index (χ0v) is 14.3.